The summed E-state index contributed by atoms with van der Waals surface area (Å²) in [6, 6.07) is 8.28. The Labute approximate surface area is 120 Å². The molecule has 0 bridgehead atoms. The Balaban J connectivity index is 2.10. The fraction of sp³-hybridized carbons (Fsp3) is 0.571. The molecule has 0 aliphatic heterocycles. The fourth-order valence-corrected chi connectivity index (χ4v) is 4.99. The number of hydrogen-bond acceptors (Lipinski definition) is 2. The summed E-state index contributed by atoms with van der Waals surface area (Å²) in [4.78, 5) is 0.938. The minimum absolute atomic E-state index is 0.259. The van der Waals surface area contributed by atoms with Gasteiger partial charge in [-0.2, -0.15) is 0 Å². The summed E-state index contributed by atoms with van der Waals surface area (Å²) in [6.45, 7) is 3.19. The van der Waals surface area contributed by atoms with Gasteiger partial charge in [0.1, 0.15) is 0 Å². The van der Waals surface area contributed by atoms with Gasteiger partial charge in [0.05, 0.1) is 20.9 Å². The highest BCUT2D eigenvalue weighted by molar-refractivity contribution is 9.10. The van der Waals surface area contributed by atoms with E-state index in [2.05, 4.69) is 28.2 Å². The molecule has 0 radical (unpaired) electrons. The third-order valence-corrected chi connectivity index (χ3v) is 6.30. The maximum absolute atomic E-state index is 12.7. The first-order chi connectivity index (χ1) is 8.74. The molecule has 0 saturated heterocycles. The van der Waals surface area contributed by atoms with Crippen LogP contribution in [0.15, 0.2) is 33.6 Å². The van der Waals surface area contributed by atoms with Gasteiger partial charge < -0.3 is 5.32 Å². The van der Waals surface area contributed by atoms with Crippen molar-refractivity contribution in [2.24, 2.45) is 0 Å². The van der Waals surface area contributed by atoms with Crippen LogP contribution >= 0.6 is 15.9 Å². The summed E-state index contributed by atoms with van der Waals surface area (Å²) < 4.78 is 13.6. The van der Waals surface area contributed by atoms with Crippen LogP contribution in [0.5, 0.6) is 0 Å². The molecule has 1 saturated carbocycles. The molecule has 2 rings (SSSR count). The molecule has 1 aromatic rings. The molecule has 3 unspecified atom stereocenters. The van der Waals surface area contributed by atoms with Crippen molar-refractivity contribution in [3.63, 3.8) is 0 Å². The number of hydrogen-bond donors (Lipinski definition) is 1. The van der Waals surface area contributed by atoms with Crippen LogP contribution in [0.4, 0.5) is 0 Å². The molecule has 0 spiro atoms. The highest BCUT2D eigenvalue weighted by Crippen LogP contribution is 2.30. The minimum Gasteiger partial charge on any atom is -0.313 e. The highest BCUT2D eigenvalue weighted by Gasteiger charge is 2.32. The normalized spacial score (nSPS) is 25.2. The average Bonchev–Trinajstić information content (AvgIpc) is 2.84. The quantitative estimate of drug-likeness (QED) is 0.896. The van der Waals surface area contributed by atoms with E-state index in [1.807, 2.05) is 24.3 Å². The number of nitrogens with one attached hydrogen (secondary N) is 1. The van der Waals surface area contributed by atoms with E-state index in [0.29, 0.717) is 6.04 Å². The molecule has 1 aromatic carbocycles. The molecule has 2 nitrogen and oxygen atoms in total. The van der Waals surface area contributed by atoms with Crippen LogP contribution in [0.25, 0.3) is 0 Å². The van der Waals surface area contributed by atoms with Crippen molar-refractivity contribution in [1.29, 1.82) is 0 Å². The largest absolute Gasteiger partial charge is 0.313 e. The lowest BCUT2D eigenvalue weighted by Crippen LogP contribution is -2.38. The average molecular weight is 330 g/mol. The first-order valence-corrected chi connectivity index (χ1v) is 8.63. The molecule has 1 aliphatic rings. The topological polar surface area (TPSA) is 29.1 Å². The zero-order chi connectivity index (χ0) is 13.0. The third kappa shape index (κ3) is 3.22. The molecule has 0 amide bonds. The Morgan fingerprint density at radius 3 is 2.89 bits per heavy atom. The van der Waals surface area contributed by atoms with E-state index in [9.17, 15) is 4.21 Å². The van der Waals surface area contributed by atoms with E-state index >= 15 is 0 Å². The van der Waals surface area contributed by atoms with E-state index in [-0.39, 0.29) is 5.25 Å². The fourth-order valence-electron chi connectivity index (χ4n) is 2.52. The third-order valence-electron chi connectivity index (χ3n) is 3.44. The van der Waals surface area contributed by atoms with Crippen molar-refractivity contribution in [2.75, 3.05) is 6.54 Å². The van der Waals surface area contributed by atoms with Crippen LogP contribution in [-0.2, 0) is 10.8 Å². The van der Waals surface area contributed by atoms with E-state index < -0.39 is 10.8 Å². The van der Waals surface area contributed by atoms with Crippen LogP contribution in [0.1, 0.15) is 32.6 Å². The van der Waals surface area contributed by atoms with E-state index in [0.717, 1.165) is 35.2 Å². The van der Waals surface area contributed by atoms with E-state index in [1.165, 1.54) is 6.42 Å². The molecular formula is C14H20BrNOS. The van der Waals surface area contributed by atoms with Crippen LogP contribution in [0, 0.1) is 0 Å². The van der Waals surface area contributed by atoms with Crippen molar-refractivity contribution in [1.82, 2.24) is 5.32 Å². The Hall–Kier alpha value is -0.190. The van der Waals surface area contributed by atoms with Gasteiger partial charge in [0.2, 0.25) is 0 Å². The first kappa shape index (κ1) is 14.2. The molecule has 4 heteroatoms. The maximum Gasteiger partial charge on any atom is 0.0588 e. The van der Waals surface area contributed by atoms with Gasteiger partial charge in [0.15, 0.2) is 0 Å². The Morgan fingerprint density at radius 2 is 2.17 bits per heavy atom. The molecule has 1 fully saturated rings. The van der Waals surface area contributed by atoms with Gasteiger partial charge in [-0.3, -0.25) is 4.21 Å². The Morgan fingerprint density at radius 1 is 1.39 bits per heavy atom. The standard InChI is InChI=1S/C14H20BrNOS/c1-2-10-16-12-7-5-9-14(12)18(17)13-8-4-3-6-11(13)15/h3-4,6,8,12,14,16H,2,5,7,9-10H2,1H3. The molecule has 3 atom stereocenters. The van der Waals surface area contributed by atoms with Crippen LogP contribution < -0.4 is 5.32 Å². The smallest absolute Gasteiger partial charge is 0.0588 e. The van der Waals surface area contributed by atoms with Crippen molar-refractivity contribution in [3.8, 4) is 0 Å². The minimum atomic E-state index is -0.913. The summed E-state index contributed by atoms with van der Waals surface area (Å²) in [5, 5.41) is 3.80. The van der Waals surface area contributed by atoms with E-state index in [1.54, 1.807) is 0 Å². The second kappa shape index (κ2) is 6.83. The monoisotopic (exact) mass is 329 g/mol. The first-order valence-electron chi connectivity index (χ1n) is 6.62. The molecule has 1 N–H and O–H groups in total. The second-order valence-electron chi connectivity index (χ2n) is 4.76. The maximum atomic E-state index is 12.7. The predicted molar refractivity (Wildman–Crippen MR) is 80.3 cm³/mol. The number of benzene rings is 1. The molecule has 0 aromatic heterocycles. The molecule has 100 valence electrons. The summed E-state index contributed by atoms with van der Waals surface area (Å²) in [5.74, 6) is 0. The van der Waals surface area contributed by atoms with Crippen molar-refractivity contribution < 1.29 is 4.21 Å². The molecule has 0 heterocycles. The van der Waals surface area contributed by atoms with Gasteiger partial charge in [-0.25, -0.2) is 0 Å². The van der Waals surface area contributed by atoms with Gasteiger partial charge in [0, 0.05) is 10.5 Å². The van der Waals surface area contributed by atoms with Gasteiger partial charge in [-0.1, -0.05) is 25.5 Å². The van der Waals surface area contributed by atoms with Gasteiger partial charge in [-0.05, 0) is 53.9 Å². The lowest BCUT2D eigenvalue weighted by Gasteiger charge is -2.20. The van der Waals surface area contributed by atoms with Gasteiger partial charge >= 0.3 is 0 Å². The summed E-state index contributed by atoms with van der Waals surface area (Å²) in [5.41, 5.74) is 0. The van der Waals surface area contributed by atoms with Crippen molar-refractivity contribution in [3.05, 3.63) is 28.7 Å². The highest BCUT2D eigenvalue weighted by atomic mass is 79.9. The Bertz CT molecular complexity index is 424. The zero-order valence-electron chi connectivity index (χ0n) is 10.7. The van der Waals surface area contributed by atoms with Gasteiger partial charge in [-0.15, -0.1) is 0 Å². The zero-order valence-corrected chi connectivity index (χ0v) is 13.1. The number of halogens is 1. The molecular weight excluding hydrogens is 310 g/mol. The van der Waals surface area contributed by atoms with Crippen molar-refractivity contribution >= 4 is 26.7 Å². The van der Waals surface area contributed by atoms with Crippen LogP contribution in [0.2, 0.25) is 0 Å². The lowest BCUT2D eigenvalue weighted by atomic mass is 10.2. The SMILES string of the molecule is CCCNC1CCCC1S(=O)c1ccccc1Br. The second-order valence-corrected chi connectivity index (χ2v) is 7.25. The summed E-state index contributed by atoms with van der Waals surface area (Å²) in [7, 11) is -0.913. The molecule has 1 aliphatic carbocycles. The predicted octanol–water partition coefficient (Wildman–Crippen LogP) is 3.48. The van der Waals surface area contributed by atoms with Gasteiger partial charge in [0.25, 0.3) is 0 Å². The Kier molecular flexibility index (Phi) is 5.39. The van der Waals surface area contributed by atoms with Crippen molar-refractivity contribution in [2.45, 2.75) is 48.8 Å². The number of rotatable bonds is 5. The van der Waals surface area contributed by atoms with E-state index in [4.69, 9.17) is 0 Å². The van der Waals surface area contributed by atoms with Crippen LogP contribution in [0.3, 0.4) is 0 Å². The lowest BCUT2D eigenvalue weighted by molar-refractivity contribution is 0.523. The molecule has 18 heavy (non-hydrogen) atoms. The summed E-state index contributed by atoms with van der Waals surface area (Å²) in [6.07, 6.45) is 4.53. The summed E-state index contributed by atoms with van der Waals surface area (Å²) >= 11 is 3.50. The van der Waals surface area contributed by atoms with Crippen LogP contribution in [-0.4, -0.2) is 22.0 Å².